The van der Waals surface area contributed by atoms with Gasteiger partial charge in [-0.15, -0.1) is 0 Å². The van der Waals surface area contributed by atoms with Crippen LogP contribution in [0.4, 0.5) is 0 Å². The highest BCUT2D eigenvalue weighted by molar-refractivity contribution is 4.91. The van der Waals surface area contributed by atoms with Crippen LogP contribution in [0.3, 0.4) is 0 Å². The van der Waals surface area contributed by atoms with Gasteiger partial charge >= 0.3 is 0 Å². The zero-order valence-corrected chi connectivity index (χ0v) is 9.64. The lowest BCUT2D eigenvalue weighted by Gasteiger charge is -2.38. The molecule has 5 heteroatoms. The summed E-state index contributed by atoms with van der Waals surface area (Å²) in [4.78, 5) is 2.09. The molecule has 0 aromatic carbocycles. The molecule has 94 valence electrons. The van der Waals surface area contributed by atoms with Gasteiger partial charge in [0.1, 0.15) is 0 Å². The van der Waals surface area contributed by atoms with Crippen LogP contribution in [0.5, 0.6) is 0 Å². The van der Waals surface area contributed by atoms with Crippen LogP contribution in [0, 0.1) is 5.41 Å². The van der Waals surface area contributed by atoms with Gasteiger partial charge in [0.2, 0.25) is 0 Å². The van der Waals surface area contributed by atoms with Gasteiger partial charge in [0.05, 0.1) is 18.8 Å². The van der Waals surface area contributed by atoms with Crippen molar-refractivity contribution in [3.8, 4) is 0 Å². The minimum absolute atomic E-state index is 0.0159. The molecule has 16 heavy (non-hydrogen) atoms. The number of nitrogens with two attached hydrogens (primary N) is 1. The minimum Gasteiger partial charge on any atom is -0.389 e. The Morgan fingerprint density at radius 1 is 1.31 bits per heavy atom. The summed E-state index contributed by atoms with van der Waals surface area (Å²) in [5.74, 6) is 0. The number of aliphatic hydroxyl groups excluding tert-OH is 2. The minimum atomic E-state index is -0.612. The van der Waals surface area contributed by atoms with E-state index in [4.69, 9.17) is 10.5 Å². The number of nitrogens with zero attached hydrogens (tertiary/aromatic N) is 1. The summed E-state index contributed by atoms with van der Waals surface area (Å²) < 4.78 is 5.51. The number of ether oxygens (including phenoxy) is 1. The van der Waals surface area contributed by atoms with Gasteiger partial charge < -0.3 is 20.7 Å². The highest BCUT2D eigenvalue weighted by Crippen LogP contribution is 2.29. The van der Waals surface area contributed by atoms with Crippen LogP contribution in [0.25, 0.3) is 0 Å². The first-order valence-electron chi connectivity index (χ1n) is 6.01. The average molecular weight is 230 g/mol. The van der Waals surface area contributed by atoms with E-state index in [0.717, 1.165) is 26.0 Å². The van der Waals surface area contributed by atoms with Crippen LogP contribution < -0.4 is 5.73 Å². The van der Waals surface area contributed by atoms with Crippen molar-refractivity contribution in [3.63, 3.8) is 0 Å². The third-order valence-electron chi connectivity index (χ3n) is 3.73. The van der Waals surface area contributed by atoms with Gasteiger partial charge in [0, 0.05) is 38.2 Å². The highest BCUT2D eigenvalue weighted by atomic mass is 16.5. The smallest absolute Gasteiger partial charge is 0.0938 e. The van der Waals surface area contributed by atoms with Gasteiger partial charge in [-0.3, -0.25) is 4.90 Å². The van der Waals surface area contributed by atoms with Crippen molar-refractivity contribution in [1.82, 2.24) is 4.90 Å². The molecule has 0 amide bonds. The van der Waals surface area contributed by atoms with Gasteiger partial charge in [-0.2, -0.15) is 0 Å². The molecule has 4 N–H and O–H groups in total. The van der Waals surface area contributed by atoms with Crippen molar-refractivity contribution in [1.29, 1.82) is 0 Å². The van der Waals surface area contributed by atoms with E-state index < -0.39 is 12.2 Å². The maximum Gasteiger partial charge on any atom is 0.0938 e. The molecule has 2 heterocycles. The third-order valence-corrected chi connectivity index (χ3v) is 3.73. The van der Waals surface area contributed by atoms with Crippen LogP contribution in [0.2, 0.25) is 0 Å². The summed E-state index contributed by atoms with van der Waals surface area (Å²) >= 11 is 0. The summed E-state index contributed by atoms with van der Waals surface area (Å²) in [7, 11) is 0. The maximum absolute atomic E-state index is 9.50. The van der Waals surface area contributed by atoms with Gasteiger partial charge in [0.15, 0.2) is 0 Å². The van der Waals surface area contributed by atoms with Crippen LogP contribution in [0.1, 0.15) is 12.8 Å². The summed E-state index contributed by atoms with van der Waals surface area (Å²) in [6.07, 6.45) is 0.904. The molecule has 2 rings (SSSR count). The topological polar surface area (TPSA) is 79.0 Å². The zero-order chi connectivity index (χ0) is 11.6. The van der Waals surface area contributed by atoms with Crippen molar-refractivity contribution in [2.24, 2.45) is 11.1 Å². The fraction of sp³-hybridized carbons (Fsp3) is 1.00. The van der Waals surface area contributed by atoms with E-state index >= 15 is 0 Å². The Hall–Kier alpha value is -0.200. The van der Waals surface area contributed by atoms with Gasteiger partial charge in [-0.05, 0) is 12.8 Å². The van der Waals surface area contributed by atoms with E-state index in [-0.39, 0.29) is 5.41 Å². The standard InChI is InChI=1S/C11H22N2O3/c12-6-11(2-1-3-16-8-11)7-13-4-9(14)10(15)5-13/h9-10,14-15H,1-8,12H2. The van der Waals surface area contributed by atoms with Crippen LogP contribution in [-0.2, 0) is 4.74 Å². The van der Waals surface area contributed by atoms with E-state index in [0.29, 0.717) is 26.2 Å². The summed E-state index contributed by atoms with van der Waals surface area (Å²) in [6, 6.07) is 0. The molecule has 5 nitrogen and oxygen atoms in total. The molecule has 0 bridgehead atoms. The molecule has 0 saturated carbocycles. The Balaban J connectivity index is 1.91. The fourth-order valence-electron chi connectivity index (χ4n) is 2.71. The Morgan fingerprint density at radius 3 is 2.50 bits per heavy atom. The zero-order valence-electron chi connectivity index (χ0n) is 9.64. The number of hydrogen-bond donors (Lipinski definition) is 3. The molecule has 3 unspecified atom stereocenters. The first-order valence-corrected chi connectivity index (χ1v) is 6.01. The molecular formula is C11H22N2O3. The molecule has 2 aliphatic heterocycles. The van der Waals surface area contributed by atoms with Crippen molar-refractivity contribution in [2.75, 3.05) is 39.4 Å². The number of rotatable bonds is 3. The molecule has 3 atom stereocenters. The molecule has 2 fully saturated rings. The monoisotopic (exact) mass is 230 g/mol. The van der Waals surface area contributed by atoms with Crippen LogP contribution in [0.15, 0.2) is 0 Å². The third kappa shape index (κ3) is 2.55. The summed E-state index contributed by atoms with van der Waals surface area (Å²) in [5.41, 5.74) is 5.87. The first kappa shape index (κ1) is 12.3. The van der Waals surface area contributed by atoms with E-state index in [1.807, 2.05) is 0 Å². The summed E-state index contributed by atoms with van der Waals surface area (Å²) in [5, 5.41) is 19.0. The lowest BCUT2D eigenvalue weighted by atomic mass is 9.82. The largest absolute Gasteiger partial charge is 0.389 e. The van der Waals surface area contributed by atoms with E-state index in [1.54, 1.807) is 0 Å². The second kappa shape index (κ2) is 4.98. The van der Waals surface area contributed by atoms with E-state index in [9.17, 15) is 10.2 Å². The first-order chi connectivity index (χ1) is 7.65. The second-order valence-corrected chi connectivity index (χ2v) is 5.19. The maximum atomic E-state index is 9.50. The SMILES string of the molecule is NCC1(CN2CC(O)C(O)C2)CCCOC1. The molecule has 2 aliphatic rings. The van der Waals surface area contributed by atoms with Crippen molar-refractivity contribution < 1.29 is 14.9 Å². The quantitative estimate of drug-likeness (QED) is 0.566. The summed E-state index contributed by atoms with van der Waals surface area (Å²) in [6.45, 7) is 4.04. The molecule has 0 aromatic heterocycles. The molecule has 2 saturated heterocycles. The van der Waals surface area contributed by atoms with Gasteiger partial charge in [-0.25, -0.2) is 0 Å². The van der Waals surface area contributed by atoms with Gasteiger partial charge in [-0.1, -0.05) is 0 Å². The van der Waals surface area contributed by atoms with Crippen molar-refractivity contribution in [3.05, 3.63) is 0 Å². The van der Waals surface area contributed by atoms with E-state index in [1.165, 1.54) is 0 Å². The van der Waals surface area contributed by atoms with Crippen molar-refractivity contribution >= 4 is 0 Å². The Kier molecular flexibility index (Phi) is 3.81. The molecule has 0 aliphatic carbocycles. The Labute approximate surface area is 96.2 Å². The van der Waals surface area contributed by atoms with Gasteiger partial charge in [0.25, 0.3) is 0 Å². The number of likely N-dealkylation sites (tertiary alicyclic amines) is 1. The molecular weight excluding hydrogens is 208 g/mol. The molecule has 0 radical (unpaired) electrons. The predicted molar refractivity (Wildman–Crippen MR) is 60.0 cm³/mol. The molecule has 0 aromatic rings. The lowest BCUT2D eigenvalue weighted by molar-refractivity contribution is -0.0203. The second-order valence-electron chi connectivity index (χ2n) is 5.19. The Bertz CT molecular complexity index is 221. The Morgan fingerprint density at radius 2 is 2.00 bits per heavy atom. The average Bonchev–Trinajstić information content (AvgIpc) is 2.59. The normalized spacial score (nSPS) is 41.4. The highest BCUT2D eigenvalue weighted by Gasteiger charge is 2.38. The van der Waals surface area contributed by atoms with Crippen molar-refractivity contribution in [2.45, 2.75) is 25.0 Å². The number of hydrogen-bond acceptors (Lipinski definition) is 5. The van der Waals surface area contributed by atoms with Crippen LogP contribution >= 0.6 is 0 Å². The van der Waals surface area contributed by atoms with Crippen LogP contribution in [-0.4, -0.2) is 66.7 Å². The number of aliphatic hydroxyl groups is 2. The molecule has 0 spiro atoms. The van der Waals surface area contributed by atoms with E-state index in [2.05, 4.69) is 4.90 Å². The lowest BCUT2D eigenvalue weighted by Crippen LogP contribution is -2.47. The number of β-amino-alcohol motifs (C(OH)–C–C–N with tert-alkyl or cyclic N) is 2. The predicted octanol–water partition coefficient (Wildman–Crippen LogP) is -1.22. The fourth-order valence-corrected chi connectivity index (χ4v) is 2.71.